The van der Waals surface area contributed by atoms with Crippen molar-refractivity contribution in [1.82, 2.24) is 10.2 Å². The topological polar surface area (TPSA) is 15.3 Å². The van der Waals surface area contributed by atoms with Gasteiger partial charge in [0.15, 0.2) is 0 Å². The van der Waals surface area contributed by atoms with Crippen LogP contribution >= 0.6 is 28.3 Å². The summed E-state index contributed by atoms with van der Waals surface area (Å²) in [6.07, 6.45) is 1.35. The minimum Gasteiger partial charge on any atom is -0.316 e. The number of nitrogens with zero attached hydrogens (tertiary/aromatic N) is 1. The van der Waals surface area contributed by atoms with Gasteiger partial charge in [0.1, 0.15) is 0 Å². The second-order valence-corrected chi connectivity index (χ2v) is 6.51. The van der Waals surface area contributed by atoms with Gasteiger partial charge in [0.25, 0.3) is 0 Å². The summed E-state index contributed by atoms with van der Waals surface area (Å²) in [5.74, 6) is 1.79. The van der Waals surface area contributed by atoms with Gasteiger partial charge in [0, 0.05) is 17.1 Å². The van der Waals surface area contributed by atoms with Gasteiger partial charge in [-0.15, -0.1) is 12.4 Å². The SMILES string of the molecule is CC(c1ccccc1Br)N1CCC2CNCC2C1.Cl. The predicted molar refractivity (Wildman–Crippen MR) is 85.8 cm³/mol. The van der Waals surface area contributed by atoms with E-state index in [1.54, 1.807) is 0 Å². The van der Waals surface area contributed by atoms with Crippen molar-refractivity contribution in [2.75, 3.05) is 26.2 Å². The first-order chi connectivity index (χ1) is 8.75. The van der Waals surface area contributed by atoms with Crippen LogP contribution in [0.15, 0.2) is 28.7 Å². The van der Waals surface area contributed by atoms with E-state index in [1.807, 2.05) is 0 Å². The number of hydrogen-bond donors (Lipinski definition) is 1. The fourth-order valence-electron chi connectivity index (χ4n) is 3.43. The summed E-state index contributed by atoms with van der Waals surface area (Å²) in [6, 6.07) is 9.14. The molecule has 2 aliphatic heterocycles. The molecule has 2 fully saturated rings. The van der Waals surface area contributed by atoms with Crippen LogP contribution in [-0.2, 0) is 0 Å². The van der Waals surface area contributed by atoms with Crippen molar-refractivity contribution in [3.8, 4) is 0 Å². The number of benzene rings is 1. The van der Waals surface area contributed by atoms with Crippen molar-refractivity contribution in [2.24, 2.45) is 11.8 Å². The van der Waals surface area contributed by atoms with Gasteiger partial charge < -0.3 is 5.32 Å². The molecule has 2 heterocycles. The second kappa shape index (κ2) is 6.57. The summed E-state index contributed by atoms with van der Waals surface area (Å²) >= 11 is 3.68. The minimum absolute atomic E-state index is 0. The van der Waals surface area contributed by atoms with Crippen LogP contribution in [0.5, 0.6) is 0 Å². The summed E-state index contributed by atoms with van der Waals surface area (Å²) in [7, 11) is 0. The first-order valence-electron chi connectivity index (χ1n) is 6.95. The third-order valence-corrected chi connectivity index (χ3v) is 5.36. The number of nitrogens with one attached hydrogen (secondary N) is 1. The lowest BCUT2D eigenvalue weighted by atomic mass is 9.87. The molecule has 2 aliphatic rings. The van der Waals surface area contributed by atoms with Crippen molar-refractivity contribution in [3.63, 3.8) is 0 Å². The predicted octanol–water partition coefficient (Wildman–Crippen LogP) is 3.47. The molecule has 0 spiro atoms. The molecule has 2 nitrogen and oxygen atoms in total. The molecule has 19 heavy (non-hydrogen) atoms. The lowest BCUT2D eigenvalue weighted by molar-refractivity contribution is 0.111. The molecule has 0 amide bonds. The van der Waals surface area contributed by atoms with E-state index in [1.165, 1.54) is 42.6 Å². The molecule has 3 atom stereocenters. The average molecular weight is 346 g/mol. The third-order valence-electron chi connectivity index (χ3n) is 4.64. The largest absolute Gasteiger partial charge is 0.316 e. The van der Waals surface area contributed by atoms with Gasteiger partial charge in [-0.2, -0.15) is 0 Å². The van der Waals surface area contributed by atoms with Crippen LogP contribution < -0.4 is 5.32 Å². The molecule has 106 valence electrons. The number of likely N-dealkylation sites (tertiary alicyclic amines) is 1. The Morgan fingerprint density at radius 1 is 1.26 bits per heavy atom. The molecule has 3 unspecified atom stereocenters. The quantitative estimate of drug-likeness (QED) is 0.883. The number of rotatable bonds is 2. The summed E-state index contributed by atoms with van der Waals surface area (Å²) in [6.45, 7) is 7.28. The van der Waals surface area contributed by atoms with Crippen molar-refractivity contribution in [2.45, 2.75) is 19.4 Å². The molecule has 0 aliphatic carbocycles. The average Bonchev–Trinajstić information content (AvgIpc) is 2.85. The van der Waals surface area contributed by atoms with Gasteiger partial charge in [0.05, 0.1) is 0 Å². The van der Waals surface area contributed by atoms with Gasteiger partial charge in [0.2, 0.25) is 0 Å². The highest BCUT2D eigenvalue weighted by molar-refractivity contribution is 9.10. The van der Waals surface area contributed by atoms with Gasteiger partial charge >= 0.3 is 0 Å². The molecule has 1 N–H and O–H groups in total. The van der Waals surface area contributed by atoms with E-state index in [2.05, 4.69) is 57.3 Å². The molecule has 1 aromatic carbocycles. The third kappa shape index (κ3) is 3.15. The molecule has 2 saturated heterocycles. The van der Waals surface area contributed by atoms with E-state index >= 15 is 0 Å². The first kappa shape index (κ1) is 15.3. The van der Waals surface area contributed by atoms with Gasteiger partial charge in [-0.25, -0.2) is 0 Å². The molecular formula is C15H22BrClN2. The Morgan fingerprint density at radius 2 is 2.00 bits per heavy atom. The van der Waals surface area contributed by atoms with E-state index in [0.29, 0.717) is 6.04 Å². The molecule has 0 aromatic heterocycles. The summed E-state index contributed by atoms with van der Waals surface area (Å²) in [5.41, 5.74) is 1.42. The Morgan fingerprint density at radius 3 is 2.79 bits per heavy atom. The standard InChI is InChI=1S/C15H21BrN2.ClH/c1-11(14-4-2-3-5-15(14)16)18-7-6-12-8-17-9-13(12)10-18;/h2-5,11-13,17H,6-10H2,1H3;1H. The maximum absolute atomic E-state index is 3.68. The highest BCUT2D eigenvalue weighted by Crippen LogP contribution is 2.33. The summed E-state index contributed by atoms with van der Waals surface area (Å²) in [5, 5.41) is 3.54. The summed E-state index contributed by atoms with van der Waals surface area (Å²) in [4.78, 5) is 2.65. The zero-order valence-corrected chi connectivity index (χ0v) is 13.7. The molecule has 0 bridgehead atoms. The Balaban J connectivity index is 0.00000133. The Kier molecular flexibility index (Phi) is 5.29. The van der Waals surface area contributed by atoms with E-state index in [4.69, 9.17) is 0 Å². The van der Waals surface area contributed by atoms with E-state index < -0.39 is 0 Å². The zero-order valence-electron chi connectivity index (χ0n) is 11.3. The minimum atomic E-state index is 0. The van der Waals surface area contributed by atoms with Crippen LogP contribution in [0.4, 0.5) is 0 Å². The Bertz CT molecular complexity index is 426. The normalized spacial score (nSPS) is 28.5. The molecule has 1 aromatic rings. The molecule has 4 heteroatoms. The van der Waals surface area contributed by atoms with Gasteiger partial charge in [-0.05, 0) is 56.4 Å². The van der Waals surface area contributed by atoms with E-state index in [-0.39, 0.29) is 12.4 Å². The Hall–Kier alpha value is -0.0900. The zero-order chi connectivity index (χ0) is 12.5. The van der Waals surface area contributed by atoms with Crippen molar-refractivity contribution in [3.05, 3.63) is 34.3 Å². The number of hydrogen-bond acceptors (Lipinski definition) is 2. The fourth-order valence-corrected chi connectivity index (χ4v) is 4.04. The van der Waals surface area contributed by atoms with E-state index in [0.717, 1.165) is 11.8 Å². The van der Waals surface area contributed by atoms with E-state index in [9.17, 15) is 0 Å². The number of halogens is 2. The summed E-state index contributed by atoms with van der Waals surface area (Å²) < 4.78 is 1.24. The van der Waals surface area contributed by atoms with Crippen molar-refractivity contribution in [1.29, 1.82) is 0 Å². The van der Waals surface area contributed by atoms with Crippen LogP contribution in [0.3, 0.4) is 0 Å². The maximum atomic E-state index is 3.68. The maximum Gasteiger partial charge on any atom is 0.0331 e. The fraction of sp³-hybridized carbons (Fsp3) is 0.600. The highest BCUT2D eigenvalue weighted by Gasteiger charge is 2.34. The van der Waals surface area contributed by atoms with Crippen LogP contribution in [-0.4, -0.2) is 31.1 Å². The van der Waals surface area contributed by atoms with Crippen LogP contribution in [0.25, 0.3) is 0 Å². The number of piperidine rings is 1. The number of fused-ring (bicyclic) bond motifs is 1. The highest BCUT2D eigenvalue weighted by atomic mass is 79.9. The van der Waals surface area contributed by atoms with Crippen molar-refractivity contribution < 1.29 is 0 Å². The lowest BCUT2D eigenvalue weighted by Gasteiger charge is -2.38. The lowest BCUT2D eigenvalue weighted by Crippen LogP contribution is -2.41. The van der Waals surface area contributed by atoms with Crippen LogP contribution in [0, 0.1) is 11.8 Å². The smallest absolute Gasteiger partial charge is 0.0331 e. The molecule has 0 radical (unpaired) electrons. The Labute approximate surface area is 130 Å². The van der Waals surface area contributed by atoms with Crippen molar-refractivity contribution >= 4 is 28.3 Å². The molecular weight excluding hydrogens is 324 g/mol. The van der Waals surface area contributed by atoms with Crippen LogP contribution in [0.2, 0.25) is 0 Å². The van der Waals surface area contributed by atoms with Gasteiger partial charge in [-0.3, -0.25) is 4.90 Å². The monoisotopic (exact) mass is 344 g/mol. The molecule has 3 rings (SSSR count). The second-order valence-electron chi connectivity index (χ2n) is 5.66. The molecule has 0 saturated carbocycles. The van der Waals surface area contributed by atoms with Crippen LogP contribution in [0.1, 0.15) is 24.9 Å². The van der Waals surface area contributed by atoms with Gasteiger partial charge in [-0.1, -0.05) is 34.1 Å². The first-order valence-corrected chi connectivity index (χ1v) is 7.74.